The predicted octanol–water partition coefficient (Wildman–Crippen LogP) is 4.53. The van der Waals surface area contributed by atoms with Crippen molar-refractivity contribution < 1.29 is 26.3 Å². The zero-order valence-corrected chi connectivity index (χ0v) is 11.3. The van der Waals surface area contributed by atoms with Gasteiger partial charge in [-0.2, -0.15) is 26.3 Å². The predicted molar refractivity (Wildman–Crippen MR) is 61.8 cm³/mol. The van der Waals surface area contributed by atoms with Gasteiger partial charge in [-0.15, -0.1) is 0 Å². The summed E-state index contributed by atoms with van der Waals surface area (Å²) in [7, 11) is 0. The van der Waals surface area contributed by atoms with Gasteiger partial charge in [0.15, 0.2) is 5.92 Å². The van der Waals surface area contributed by atoms with E-state index in [0.29, 0.717) is 19.3 Å². The van der Waals surface area contributed by atoms with Crippen molar-refractivity contribution in [2.45, 2.75) is 58.4 Å². The standard InChI is InChI=1S/C12H21F6N/c1-4-6-8(3)9(19-7-5-2)10(11(13,14)15)12(16,17)18/h8-10,19H,4-7H2,1-3H3. The number of hydrogen-bond acceptors (Lipinski definition) is 1. The fourth-order valence-electron chi connectivity index (χ4n) is 2.19. The molecule has 0 heterocycles. The Morgan fingerprint density at radius 1 is 0.895 bits per heavy atom. The van der Waals surface area contributed by atoms with Crippen LogP contribution in [-0.2, 0) is 0 Å². The first-order valence-electron chi connectivity index (χ1n) is 6.42. The molecule has 0 aliphatic carbocycles. The first kappa shape index (κ1) is 18.5. The maximum atomic E-state index is 12.7. The number of alkyl halides is 6. The molecule has 0 rings (SSSR count). The highest BCUT2D eigenvalue weighted by molar-refractivity contribution is 4.90. The van der Waals surface area contributed by atoms with Gasteiger partial charge in [-0.3, -0.25) is 0 Å². The van der Waals surface area contributed by atoms with E-state index in [4.69, 9.17) is 0 Å². The summed E-state index contributed by atoms with van der Waals surface area (Å²) < 4.78 is 76.4. The molecule has 0 aromatic heterocycles. The van der Waals surface area contributed by atoms with Crippen molar-refractivity contribution in [2.24, 2.45) is 11.8 Å². The zero-order valence-electron chi connectivity index (χ0n) is 11.3. The van der Waals surface area contributed by atoms with E-state index in [1.807, 2.05) is 0 Å². The zero-order chi connectivity index (χ0) is 15.3. The van der Waals surface area contributed by atoms with Gasteiger partial charge in [0.05, 0.1) is 0 Å². The highest BCUT2D eigenvalue weighted by atomic mass is 19.4. The Morgan fingerprint density at radius 3 is 1.68 bits per heavy atom. The maximum Gasteiger partial charge on any atom is 0.402 e. The quantitative estimate of drug-likeness (QED) is 0.680. The normalized spacial score (nSPS) is 16.7. The third-order valence-corrected chi connectivity index (χ3v) is 3.05. The summed E-state index contributed by atoms with van der Waals surface area (Å²) in [4.78, 5) is 0. The monoisotopic (exact) mass is 293 g/mol. The molecule has 0 saturated heterocycles. The molecule has 1 N–H and O–H groups in total. The topological polar surface area (TPSA) is 12.0 Å². The van der Waals surface area contributed by atoms with Crippen molar-refractivity contribution in [3.05, 3.63) is 0 Å². The van der Waals surface area contributed by atoms with Crippen LogP contribution in [0.25, 0.3) is 0 Å². The molecule has 0 bridgehead atoms. The van der Waals surface area contributed by atoms with Gasteiger partial charge in [0.2, 0.25) is 0 Å². The second-order valence-corrected chi connectivity index (χ2v) is 4.81. The molecule has 1 nitrogen and oxygen atoms in total. The van der Waals surface area contributed by atoms with Gasteiger partial charge in [-0.1, -0.05) is 27.2 Å². The molecule has 0 aliphatic rings. The number of halogens is 6. The van der Waals surface area contributed by atoms with Crippen LogP contribution < -0.4 is 5.32 Å². The van der Waals surface area contributed by atoms with Crippen molar-refractivity contribution >= 4 is 0 Å². The number of hydrogen-bond donors (Lipinski definition) is 1. The highest BCUT2D eigenvalue weighted by Gasteiger charge is 2.60. The average molecular weight is 293 g/mol. The molecule has 116 valence electrons. The van der Waals surface area contributed by atoms with Crippen molar-refractivity contribution in [3.8, 4) is 0 Å². The van der Waals surface area contributed by atoms with E-state index in [0.717, 1.165) is 0 Å². The van der Waals surface area contributed by atoms with Crippen molar-refractivity contribution in [2.75, 3.05) is 6.54 Å². The molecule has 0 aliphatic heterocycles. The minimum absolute atomic E-state index is 0.140. The largest absolute Gasteiger partial charge is 0.402 e. The summed E-state index contributed by atoms with van der Waals surface area (Å²) in [5, 5.41) is 2.43. The van der Waals surface area contributed by atoms with Gasteiger partial charge < -0.3 is 5.32 Å². The third-order valence-electron chi connectivity index (χ3n) is 3.05. The second-order valence-electron chi connectivity index (χ2n) is 4.81. The van der Waals surface area contributed by atoms with Gasteiger partial charge in [-0.05, 0) is 25.3 Å². The summed E-state index contributed by atoms with van der Waals surface area (Å²) in [5.41, 5.74) is 0. The second kappa shape index (κ2) is 7.36. The Labute approximate surface area is 109 Å². The fraction of sp³-hybridized carbons (Fsp3) is 1.00. The summed E-state index contributed by atoms with van der Waals surface area (Å²) in [6.45, 7) is 5.01. The molecule has 2 atom stereocenters. The van der Waals surface area contributed by atoms with Gasteiger partial charge in [0.25, 0.3) is 0 Å². The molecular weight excluding hydrogens is 272 g/mol. The van der Waals surface area contributed by atoms with E-state index >= 15 is 0 Å². The van der Waals surface area contributed by atoms with Crippen molar-refractivity contribution in [1.29, 1.82) is 0 Å². The average Bonchev–Trinajstić information content (AvgIpc) is 2.20. The molecule has 19 heavy (non-hydrogen) atoms. The van der Waals surface area contributed by atoms with Gasteiger partial charge in [0.1, 0.15) is 0 Å². The minimum Gasteiger partial charge on any atom is -0.313 e. The lowest BCUT2D eigenvalue weighted by Crippen LogP contribution is -2.54. The van der Waals surface area contributed by atoms with E-state index in [1.165, 1.54) is 6.92 Å². The van der Waals surface area contributed by atoms with Crippen LogP contribution in [-0.4, -0.2) is 24.9 Å². The first-order valence-corrected chi connectivity index (χ1v) is 6.42. The Morgan fingerprint density at radius 2 is 1.37 bits per heavy atom. The van der Waals surface area contributed by atoms with Gasteiger partial charge in [-0.25, -0.2) is 0 Å². The first-order chi connectivity index (χ1) is 8.55. The van der Waals surface area contributed by atoms with E-state index in [1.54, 1.807) is 13.8 Å². The Balaban J connectivity index is 5.24. The van der Waals surface area contributed by atoms with Crippen LogP contribution in [0, 0.1) is 11.8 Å². The Hall–Kier alpha value is -0.460. The molecule has 0 spiro atoms. The van der Waals surface area contributed by atoms with Crippen molar-refractivity contribution in [1.82, 2.24) is 5.32 Å². The van der Waals surface area contributed by atoms with Crippen LogP contribution in [0.15, 0.2) is 0 Å². The summed E-state index contributed by atoms with van der Waals surface area (Å²) >= 11 is 0. The lowest BCUT2D eigenvalue weighted by Gasteiger charge is -2.35. The lowest BCUT2D eigenvalue weighted by atomic mass is 9.85. The summed E-state index contributed by atoms with van der Waals surface area (Å²) in [6.07, 6.45) is -9.22. The minimum atomic E-state index is -5.29. The molecule has 2 unspecified atom stereocenters. The summed E-state index contributed by atoms with van der Waals surface area (Å²) in [5.74, 6) is -4.00. The molecule has 0 radical (unpaired) electrons. The summed E-state index contributed by atoms with van der Waals surface area (Å²) in [6, 6.07) is -1.63. The lowest BCUT2D eigenvalue weighted by molar-refractivity contribution is -0.295. The molecular formula is C12H21F6N. The van der Waals surface area contributed by atoms with E-state index in [-0.39, 0.29) is 6.54 Å². The number of rotatable bonds is 7. The Bertz CT molecular complexity index is 234. The molecule has 0 aromatic carbocycles. The van der Waals surface area contributed by atoms with Crippen LogP contribution in [0.4, 0.5) is 26.3 Å². The molecule has 0 aromatic rings. The van der Waals surface area contributed by atoms with Gasteiger partial charge in [0, 0.05) is 6.04 Å². The van der Waals surface area contributed by atoms with Crippen molar-refractivity contribution in [3.63, 3.8) is 0 Å². The molecule has 0 saturated carbocycles. The molecule has 0 amide bonds. The van der Waals surface area contributed by atoms with Gasteiger partial charge >= 0.3 is 12.4 Å². The fourth-order valence-corrected chi connectivity index (χ4v) is 2.19. The van der Waals surface area contributed by atoms with E-state index in [9.17, 15) is 26.3 Å². The van der Waals surface area contributed by atoms with Crippen LogP contribution in [0.5, 0.6) is 0 Å². The van der Waals surface area contributed by atoms with E-state index in [2.05, 4.69) is 5.32 Å². The Kier molecular flexibility index (Phi) is 7.18. The SMILES string of the molecule is CCCNC(C(C)CCC)C(C(F)(F)F)C(F)(F)F. The number of nitrogens with one attached hydrogen (secondary N) is 1. The van der Waals surface area contributed by atoms with Crippen LogP contribution >= 0.6 is 0 Å². The maximum absolute atomic E-state index is 12.7. The van der Waals surface area contributed by atoms with Crippen LogP contribution in [0.3, 0.4) is 0 Å². The molecule has 7 heteroatoms. The van der Waals surface area contributed by atoms with Crippen LogP contribution in [0.2, 0.25) is 0 Å². The molecule has 0 fully saturated rings. The van der Waals surface area contributed by atoms with E-state index < -0.39 is 30.2 Å². The van der Waals surface area contributed by atoms with Crippen LogP contribution in [0.1, 0.15) is 40.0 Å². The highest BCUT2D eigenvalue weighted by Crippen LogP contribution is 2.43. The smallest absolute Gasteiger partial charge is 0.313 e. The third kappa shape index (κ3) is 6.01.